The van der Waals surface area contributed by atoms with Crippen LogP contribution in [-0.4, -0.2) is 17.7 Å². The number of anilines is 2. The molecule has 26 heavy (non-hydrogen) atoms. The molecule has 0 saturated carbocycles. The molecule has 3 aromatic rings. The van der Waals surface area contributed by atoms with Gasteiger partial charge >= 0.3 is 5.91 Å². The molecule has 2 heterocycles. The quantitative estimate of drug-likeness (QED) is 0.742. The van der Waals surface area contributed by atoms with Gasteiger partial charge in [-0.15, -0.1) is 0 Å². The summed E-state index contributed by atoms with van der Waals surface area (Å²) in [5.74, 6) is -0.656. The van der Waals surface area contributed by atoms with E-state index >= 15 is 0 Å². The Kier molecular flexibility index (Phi) is 3.78. The fraction of sp³-hybridized carbons (Fsp3) is 0. The third kappa shape index (κ3) is 2.63. The maximum atomic E-state index is 12.7. The number of carbonyl (C=O) groups is 3. The predicted octanol–water partition coefficient (Wildman–Crippen LogP) is 2.55. The van der Waals surface area contributed by atoms with Gasteiger partial charge in [0, 0.05) is 6.07 Å². The highest BCUT2D eigenvalue weighted by molar-refractivity contribution is 6.34. The smallest absolute Gasteiger partial charge is 0.268 e. The standard InChI is InChI=1S/C20H13N3O3/c24-18(22-17-8-4-5-11-21-17)13-9-10-15-16(12-13)20(26)23(19(15)25)14-6-2-1-3-7-14/h1-12H,(H,21,22,24)/p+1. The van der Waals surface area contributed by atoms with Crippen LogP contribution in [0, 0.1) is 0 Å². The summed E-state index contributed by atoms with van der Waals surface area (Å²) in [6.45, 7) is 0. The van der Waals surface area contributed by atoms with Crippen molar-refractivity contribution in [1.82, 2.24) is 0 Å². The number of benzene rings is 2. The third-order valence-electron chi connectivity index (χ3n) is 4.12. The molecule has 0 spiro atoms. The van der Waals surface area contributed by atoms with E-state index in [1.165, 1.54) is 18.2 Å². The van der Waals surface area contributed by atoms with E-state index in [0.717, 1.165) is 4.90 Å². The molecule has 1 aromatic heterocycles. The van der Waals surface area contributed by atoms with Gasteiger partial charge in [-0.2, -0.15) is 0 Å². The SMILES string of the molecule is O=C(Nc1cccc[nH+]1)c1ccc2c(c1)C(=O)N(c1ccccc1)C2=O. The minimum atomic E-state index is -0.433. The number of para-hydroxylation sites is 1. The van der Waals surface area contributed by atoms with Crippen molar-refractivity contribution < 1.29 is 19.4 Å². The number of aromatic amines is 1. The third-order valence-corrected chi connectivity index (χ3v) is 4.12. The predicted molar refractivity (Wildman–Crippen MR) is 95.0 cm³/mol. The number of carbonyl (C=O) groups excluding carboxylic acids is 3. The highest BCUT2D eigenvalue weighted by Gasteiger charge is 2.37. The molecule has 6 heteroatoms. The van der Waals surface area contributed by atoms with Gasteiger partial charge in [-0.05, 0) is 36.4 Å². The van der Waals surface area contributed by atoms with Crippen molar-refractivity contribution in [3.05, 3.63) is 89.6 Å². The fourth-order valence-corrected chi connectivity index (χ4v) is 2.86. The molecule has 0 fully saturated rings. The molecule has 0 unspecified atom stereocenters. The highest BCUT2D eigenvalue weighted by atomic mass is 16.2. The van der Waals surface area contributed by atoms with Crippen molar-refractivity contribution in [1.29, 1.82) is 0 Å². The molecule has 0 bridgehead atoms. The van der Waals surface area contributed by atoms with E-state index in [9.17, 15) is 14.4 Å². The summed E-state index contributed by atoms with van der Waals surface area (Å²) >= 11 is 0. The van der Waals surface area contributed by atoms with Gasteiger partial charge < -0.3 is 0 Å². The van der Waals surface area contributed by atoms with Crippen molar-refractivity contribution >= 4 is 29.2 Å². The lowest BCUT2D eigenvalue weighted by Gasteiger charge is -2.13. The van der Waals surface area contributed by atoms with Gasteiger partial charge in [0.05, 0.1) is 28.6 Å². The molecule has 2 aromatic carbocycles. The first-order valence-corrected chi connectivity index (χ1v) is 8.01. The summed E-state index contributed by atoms with van der Waals surface area (Å²) in [7, 11) is 0. The minimum absolute atomic E-state index is 0.226. The van der Waals surface area contributed by atoms with Gasteiger partial charge in [-0.25, -0.2) is 20.0 Å². The molecule has 126 valence electrons. The summed E-state index contributed by atoms with van der Waals surface area (Å²) in [5, 5.41) is 2.71. The van der Waals surface area contributed by atoms with Gasteiger partial charge in [-0.3, -0.25) is 9.59 Å². The van der Waals surface area contributed by atoms with Crippen LogP contribution in [0.2, 0.25) is 0 Å². The Hall–Kier alpha value is -3.80. The Morgan fingerprint density at radius 3 is 2.31 bits per heavy atom. The van der Waals surface area contributed by atoms with Crippen molar-refractivity contribution in [3.8, 4) is 0 Å². The maximum Gasteiger partial charge on any atom is 0.339 e. The molecule has 1 aliphatic heterocycles. The first-order valence-electron chi connectivity index (χ1n) is 8.01. The lowest BCUT2D eigenvalue weighted by molar-refractivity contribution is -0.360. The molecule has 0 aliphatic carbocycles. The number of nitrogens with zero attached hydrogens (tertiary/aromatic N) is 1. The zero-order valence-corrected chi connectivity index (χ0v) is 13.6. The van der Waals surface area contributed by atoms with E-state index in [0.29, 0.717) is 22.6 Å². The van der Waals surface area contributed by atoms with Crippen LogP contribution < -0.4 is 15.2 Å². The second-order valence-corrected chi connectivity index (χ2v) is 5.77. The normalized spacial score (nSPS) is 12.8. The van der Waals surface area contributed by atoms with E-state index in [4.69, 9.17) is 0 Å². The Labute approximate surface area is 149 Å². The fourth-order valence-electron chi connectivity index (χ4n) is 2.86. The monoisotopic (exact) mass is 344 g/mol. The number of amides is 3. The molecule has 6 nitrogen and oxygen atoms in total. The molecule has 4 rings (SSSR count). The maximum absolute atomic E-state index is 12.7. The molecule has 0 saturated heterocycles. The number of imide groups is 1. The van der Waals surface area contributed by atoms with Crippen LogP contribution in [0.5, 0.6) is 0 Å². The number of H-pyrrole nitrogens is 1. The first-order chi connectivity index (χ1) is 12.6. The highest BCUT2D eigenvalue weighted by Crippen LogP contribution is 2.29. The van der Waals surface area contributed by atoms with Crippen molar-refractivity contribution in [2.24, 2.45) is 0 Å². The lowest BCUT2D eigenvalue weighted by Crippen LogP contribution is -2.29. The van der Waals surface area contributed by atoms with Gasteiger partial charge in [0.2, 0.25) is 0 Å². The van der Waals surface area contributed by atoms with Gasteiger partial charge in [0.25, 0.3) is 17.6 Å². The van der Waals surface area contributed by atoms with E-state index < -0.39 is 5.91 Å². The van der Waals surface area contributed by atoms with Crippen molar-refractivity contribution in [2.75, 3.05) is 10.2 Å². The Bertz CT molecular complexity index is 1020. The largest absolute Gasteiger partial charge is 0.339 e. The number of fused-ring (bicyclic) bond motifs is 1. The summed E-state index contributed by atoms with van der Waals surface area (Å²) in [4.78, 5) is 41.7. The van der Waals surface area contributed by atoms with Gasteiger partial charge in [-0.1, -0.05) is 24.3 Å². The molecular weight excluding hydrogens is 330 g/mol. The van der Waals surface area contributed by atoms with E-state index in [2.05, 4.69) is 10.3 Å². The average molecular weight is 344 g/mol. The lowest BCUT2D eigenvalue weighted by atomic mass is 10.1. The van der Waals surface area contributed by atoms with Crippen LogP contribution in [0.4, 0.5) is 11.5 Å². The number of pyridine rings is 1. The molecular formula is C20H14N3O3+. The van der Waals surface area contributed by atoms with Crippen LogP contribution in [0.3, 0.4) is 0 Å². The van der Waals surface area contributed by atoms with Crippen LogP contribution in [-0.2, 0) is 0 Å². The number of aromatic nitrogens is 1. The molecule has 1 aliphatic rings. The molecule has 0 radical (unpaired) electrons. The number of nitrogens with one attached hydrogen (secondary N) is 2. The molecule has 2 N–H and O–H groups in total. The van der Waals surface area contributed by atoms with Crippen LogP contribution in [0.25, 0.3) is 0 Å². The van der Waals surface area contributed by atoms with Crippen LogP contribution in [0.15, 0.2) is 72.9 Å². The second-order valence-electron chi connectivity index (χ2n) is 5.77. The summed E-state index contributed by atoms with van der Waals surface area (Å²) in [5.41, 5.74) is 1.32. The molecule has 3 amide bonds. The Morgan fingerprint density at radius 2 is 1.58 bits per heavy atom. The average Bonchev–Trinajstić information content (AvgIpc) is 2.93. The topological polar surface area (TPSA) is 80.6 Å². The number of hydrogen-bond acceptors (Lipinski definition) is 3. The van der Waals surface area contributed by atoms with Crippen molar-refractivity contribution in [2.45, 2.75) is 0 Å². The first kappa shape index (κ1) is 15.7. The van der Waals surface area contributed by atoms with Gasteiger partial charge in [0.15, 0.2) is 0 Å². The number of hydrogen-bond donors (Lipinski definition) is 1. The van der Waals surface area contributed by atoms with Gasteiger partial charge in [0.1, 0.15) is 0 Å². The number of rotatable bonds is 3. The summed E-state index contributed by atoms with van der Waals surface area (Å²) < 4.78 is 0. The summed E-state index contributed by atoms with van der Waals surface area (Å²) in [6, 6.07) is 18.5. The Morgan fingerprint density at radius 1 is 0.846 bits per heavy atom. The molecule has 0 atom stereocenters. The second kappa shape index (κ2) is 6.25. The zero-order valence-electron chi connectivity index (χ0n) is 13.6. The van der Waals surface area contributed by atoms with E-state index in [1.807, 2.05) is 6.07 Å². The Balaban J connectivity index is 1.65. The minimum Gasteiger partial charge on any atom is -0.268 e. The van der Waals surface area contributed by atoms with Crippen molar-refractivity contribution in [3.63, 3.8) is 0 Å². The van der Waals surface area contributed by atoms with Crippen LogP contribution in [0.1, 0.15) is 31.1 Å². The van der Waals surface area contributed by atoms with E-state index in [1.54, 1.807) is 48.7 Å². The summed E-state index contributed by atoms with van der Waals surface area (Å²) in [6.07, 6.45) is 1.69. The van der Waals surface area contributed by atoms with Crippen LogP contribution >= 0.6 is 0 Å². The zero-order chi connectivity index (χ0) is 18.1. The van der Waals surface area contributed by atoms with E-state index in [-0.39, 0.29) is 17.4 Å².